The van der Waals surface area contributed by atoms with Gasteiger partial charge in [-0.2, -0.15) is 4.98 Å². The number of nitrogens with one attached hydrogen (secondary N) is 1. The SMILES string of the molecule is CNC(=O)c1nc(CN(Cc2ccc(OC)cc2)Cc2ccccn2)no1. The number of methoxy groups -OCH3 is 1. The van der Waals surface area contributed by atoms with Gasteiger partial charge < -0.3 is 14.6 Å². The largest absolute Gasteiger partial charge is 0.497 e. The van der Waals surface area contributed by atoms with E-state index < -0.39 is 5.91 Å². The number of pyridine rings is 1. The average molecular weight is 367 g/mol. The Morgan fingerprint density at radius 2 is 1.96 bits per heavy atom. The molecule has 1 N–H and O–H groups in total. The van der Waals surface area contributed by atoms with Crippen LogP contribution in [0.15, 0.2) is 53.2 Å². The van der Waals surface area contributed by atoms with Gasteiger partial charge in [-0.1, -0.05) is 23.4 Å². The molecule has 27 heavy (non-hydrogen) atoms. The summed E-state index contributed by atoms with van der Waals surface area (Å²) < 4.78 is 10.2. The maximum Gasteiger partial charge on any atom is 0.315 e. The van der Waals surface area contributed by atoms with Crippen LogP contribution >= 0.6 is 0 Å². The van der Waals surface area contributed by atoms with E-state index in [0.29, 0.717) is 25.5 Å². The molecule has 3 rings (SSSR count). The van der Waals surface area contributed by atoms with Gasteiger partial charge in [0.15, 0.2) is 5.82 Å². The fourth-order valence-corrected chi connectivity index (χ4v) is 2.59. The number of nitrogens with zero attached hydrogens (tertiary/aromatic N) is 4. The van der Waals surface area contributed by atoms with Gasteiger partial charge in [0, 0.05) is 26.3 Å². The lowest BCUT2D eigenvalue weighted by molar-refractivity contribution is 0.0919. The molecule has 2 heterocycles. The first-order valence-electron chi connectivity index (χ1n) is 8.48. The van der Waals surface area contributed by atoms with E-state index in [9.17, 15) is 4.79 Å². The van der Waals surface area contributed by atoms with Gasteiger partial charge in [0.25, 0.3) is 0 Å². The molecule has 0 atom stereocenters. The van der Waals surface area contributed by atoms with Crippen LogP contribution in [0.1, 0.15) is 27.8 Å². The zero-order valence-corrected chi connectivity index (χ0v) is 15.3. The minimum absolute atomic E-state index is 0.0465. The fraction of sp³-hybridized carbons (Fsp3) is 0.263. The number of rotatable bonds is 8. The Morgan fingerprint density at radius 1 is 1.15 bits per heavy atom. The number of amides is 1. The molecule has 8 heteroatoms. The highest BCUT2D eigenvalue weighted by atomic mass is 16.5. The van der Waals surface area contributed by atoms with Gasteiger partial charge in [0.2, 0.25) is 0 Å². The standard InChI is InChI=1S/C19H21N5O3/c1-20-18(25)19-22-17(23-27-19)13-24(12-15-5-3-4-10-21-15)11-14-6-8-16(26-2)9-7-14/h3-10H,11-13H2,1-2H3,(H,20,25). The Labute approximate surface area is 157 Å². The highest BCUT2D eigenvalue weighted by Crippen LogP contribution is 2.16. The molecule has 1 amide bonds. The number of carbonyl (C=O) groups excluding carboxylic acids is 1. The van der Waals surface area contributed by atoms with E-state index >= 15 is 0 Å². The van der Waals surface area contributed by atoms with Crippen molar-refractivity contribution in [3.05, 3.63) is 71.6 Å². The van der Waals surface area contributed by atoms with Crippen molar-refractivity contribution < 1.29 is 14.1 Å². The summed E-state index contributed by atoms with van der Waals surface area (Å²) in [5.74, 6) is 0.802. The van der Waals surface area contributed by atoms with Crippen LogP contribution in [0.5, 0.6) is 5.75 Å². The highest BCUT2D eigenvalue weighted by Gasteiger charge is 2.17. The van der Waals surface area contributed by atoms with Gasteiger partial charge in [-0.05, 0) is 29.8 Å². The molecule has 1 aromatic carbocycles. The lowest BCUT2D eigenvalue weighted by Gasteiger charge is -2.20. The van der Waals surface area contributed by atoms with Crippen LogP contribution in [0.2, 0.25) is 0 Å². The number of hydrogen-bond acceptors (Lipinski definition) is 7. The summed E-state index contributed by atoms with van der Waals surface area (Å²) in [5.41, 5.74) is 2.04. The molecule has 0 radical (unpaired) electrons. The number of aromatic nitrogens is 3. The third-order valence-electron chi connectivity index (χ3n) is 3.93. The molecule has 0 aliphatic heterocycles. The fourth-order valence-electron chi connectivity index (χ4n) is 2.59. The summed E-state index contributed by atoms with van der Waals surface area (Å²) >= 11 is 0. The van der Waals surface area contributed by atoms with Crippen molar-refractivity contribution in [2.75, 3.05) is 14.2 Å². The summed E-state index contributed by atoms with van der Waals surface area (Å²) in [6.07, 6.45) is 1.76. The average Bonchev–Trinajstić information content (AvgIpc) is 3.17. The quantitative estimate of drug-likeness (QED) is 0.651. The summed E-state index contributed by atoms with van der Waals surface area (Å²) in [5, 5.41) is 6.37. The molecule has 140 valence electrons. The molecule has 0 aliphatic rings. The lowest BCUT2D eigenvalue weighted by Crippen LogP contribution is -2.24. The van der Waals surface area contributed by atoms with Crippen LogP contribution in [0.4, 0.5) is 0 Å². The molecule has 0 aliphatic carbocycles. The molecule has 2 aromatic heterocycles. The summed E-state index contributed by atoms with van der Waals surface area (Å²) in [6, 6.07) is 13.7. The molecule has 0 unspecified atom stereocenters. The van der Waals surface area contributed by atoms with E-state index in [1.165, 1.54) is 7.05 Å². The van der Waals surface area contributed by atoms with Crippen molar-refractivity contribution in [3.63, 3.8) is 0 Å². The van der Waals surface area contributed by atoms with Crippen LogP contribution in [-0.4, -0.2) is 40.1 Å². The van der Waals surface area contributed by atoms with E-state index in [4.69, 9.17) is 9.26 Å². The van der Waals surface area contributed by atoms with Crippen LogP contribution < -0.4 is 10.1 Å². The van der Waals surface area contributed by atoms with E-state index in [-0.39, 0.29) is 5.89 Å². The van der Waals surface area contributed by atoms with Crippen molar-refractivity contribution in [3.8, 4) is 5.75 Å². The molecule has 0 bridgehead atoms. The number of hydrogen-bond donors (Lipinski definition) is 1. The van der Waals surface area contributed by atoms with Crippen molar-refractivity contribution >= 4 is 5.91 Å². The maximum absolute atomic E-state index is 11.6. The monoisotopic (exact) mass is 367 g/mol. The predicted molar refractivity (Wildman–Crippen MR) is 97.9 cm³/mol. The molecule has 8 nitrogen and oxygen atoms in total. The van der Waals surface area contributed by atoms with Crippen LogP contribution in [-0.2, 0) is 19.6 Å². The van der Waals surface area contributed by atoms with Crippen LogP contribution in [0.3, 0.4) is 0 Å². The van der Waals surface area contributed by atoms with Gasteiger partial charge >= 0.3 is 11.8 Å². The van der Waals surface area contributed by atoms with E-state index in [1.807, 2.05) is 42.5 Å². The number of ether oxygens (including phenoxy) is 1. The normalized spacial score (nSPS) is 10.8. The number of benzene rings is 1. The molecular weight excluding hydrogens is 346 g/mol. The second-order valence-corrected chi connectivity index (χ2v) is 5.91. The second-order valence-electron chi connectivity index (χ2n) is 5.91. The Morgan fingerprint density at radius 3 is 2.63 bits per heavy atom. The topological polar surface area (TPSA) is 93.4 Å². The first-order chi connectivity index (χ1) is 13.2. The van der Waals surface area contributed by atoms with Crippen molar-refractivity contribution in [2.45, 2.75) is 19.6 Å². The van der Waals surface area contributed by atoms with Gasteiger partial charge in [0.1, 0.15) is 5.75 Å². The van der Waals surface area contributed by atoms with Gasteiger partial charge in [-0.25, -0.2) is 0 Å². The van der Waals surface area contributed by atoms with Gasteiger partial charge in [-0.15, -0.1) is 0 Å². The first-order valence-corrected chi connectivity index (χ1v) is 8.48. The summed E-state index contributed by atoms with van der Waals surface area (Å²) in [7, 11) is 3.16. The van der Waals surface area contributed by atoms with Crippen molar-refractivity contribution in [2.24, 2.45) is 0 Å². The summed E-state index contributed by atoms with van der Waals surface area (Å²) in [4.78, 5) is 22.3. The third kappa shape index (κ3) is 5.11. The Hall–Kier alpha value is -3.26. The van der Waals surface area contributed by atoms with Crippen LogP contribution in [0, 0.1) is 0 Å². The smallest absolute Gasteiger partial charge is 0.315 e. The Balaban J connectivity index is 1.76. The molecule has 0 saturated carbocycles. The first kappa shape index (κ1) is 18.5. The molecule has 0 saturated heterocycles. The maximum atomic E-state index is 11.6. The molecule has 0 fully saturated rings. The second kappa shape index (κ2) is 8.91. The molecule has 0 spiro atoms. The van der Waals surface area contributed by atoms with Gasteiger partial charge in [0.05, 0.1) is 19.3 Å². The van der Waals surface area contributed by atoms with E-state index in [2.05, 4.69) is 25.3 Å². The van der Waals surface area contributed by atoms with Crippen LogP contribution in [0.25, 0.3) is 0 Å². The minimum Gasteiger partial charge on any atom is -0.497 e. The number of carbonyl (C=O) groups is 1. The Kier molecular flexibility index (Phi) is 6.11. The molecular formula is C19H21N5O3. The highest BCUT2D eigenvalue weighted by molar-refractivity contribution is 5.89. The third-order valence-corrected chi connectivity index (χ3v) is 3.93. The lowest BCUT2D eigenvalue weighted by atomic mass is 10.2. The van der Waals surface area contributed by atoms with E-state index in [0.717, 1.165) is 17.0 Å². The minimum atomic E-state index is -0.403. The van der Waals surface area contributed by atoms with E-state index in [1.54, 1.807) is 13.3 Å². The summed E-state index contributed by atoms with van der Waals surface area (Å²) in [6.45, 7) is 1.68. The predicted octanol–water partition coefficient (Wildman–Crippen LogP) is 2.04. The zero-order chi connectivity index (χ0) is 19.1. The van der Waals surface area contributed by atoms with Gasteiger partial charge in [-0.3, -0.25) is 14.7 Å². The van der Waals surface area contributed by atoms with Crippen molar-refractivity contribution in [1.29, 1.82) is 0 Å². The Bertz CT molecular complexity index is 865. The zero-order valence-electron chi connectivity index (χ0n) is 15.3. The molecule has 3 aromatic rings. The van der Waals surface area contributed by atoms with Crippen molar-refractivity contribution in [1.82, 2.24) is 25.3 Å².